The van der Waals surface area contributed by atoms with Crippen LogP contribution in [0.4, 0.5) is 8.78 Å². The molecular formula is C30H31F2N3O2. The largest absolute Gasteiger partial charge is 0.456 e. The van der Waals surface area contributed by atoms with Gasteiger partial charge in [0, 0.05) is 43.3 Å². The van der Waals surface area contributed by atoms with E-state index in [1.54, 1.807) is 12.1 Å². The Bertz CT molecular complexity index is 1290. The average molecular weight is 504 g/mol. The molecule has 2 atom stereocenters. The summed E-state index contributed by atoms with van der Waals surface area (Å²) in [6.45, 7) is 2.94. The Kier molecular flexibility index (Phi) is 8.82. The second kappa shape index (κ2) is 12.4. The highest BCUT2D eigenvalue weighted by Crippen LogP contribution is 2.15. The van der Waals surface area contributed by atoms with Crippen LogP contribution >= 0.6 is 0 Å². The van der Waals surface area contributed by atoms with Gasteiger partial charge in [-0.1, -0.05) is 31.2 Å². The van der Waals surface area contributed by atoms with Crippen molar-refractivity contribution in [3.63, 3.8) is 0 Å². The number of esters is 1. The number of carbonyl (C=O) groups excluding carboxylic acids is 1. The maximum Gasteiger partial charge on any atom is 0.338 e. The van der Waals surface area contributed by atoms with Gasteiger partial charge < -0.3 is 20.4 Å². The van der Waals surface area contributed by atoms with E-state index in [2.05, 4.69) is 24.4 Å². The Morgan fingerprint density at radius 2 is 1.59 bits per heavy atom. The summed E-state index contributed by atoms with van der Waals surface area (Å²) in [6, 6.07) is 21.8. The number of carbonyl (C=O) groups is 1. The molecular weight excluding hydrogens is 472 g/mol. The molecule has 0 saturated heterocycles. The first kappa shape index (κ1) is 26.3. The first-order valence-electron chi connectivity index (χ1n) is 12.3. The Morgan fingerprint density at radius 1 is 0.919 bits per heavy atom. The van der Waals surface area contributed by atoms with Gasteiger partial charge in [0.05, 0.1) is 5.56 Å². The topological polar surface area (TPSA) is 69.3 Å². The van der Waals surface area contributed by atoms with Crippen LogP contribution < -0.4 is 11.1 Å². The maximum absolute atomic E-state index is 13.7. The molecule has 3 N–H and O–H groups in total. The zero-order valence-electron chi connectivity index (χ0n) is 20.7. The van der Waals surface area contributed by atoms with Gasteiger partial charge in [-0.2, -0.15) is 0 Å². The van der Waals surface area contributed by atoms with Crippen LogP contribution in [-0.4, -0.2) is 29.2 Å². The molecule has 0 bridgehead atoms. The molecule has 0 unspecified atom stereocenters. The van der Waals surface area contributed by atoms with Crippen molar-refractivity contribution in [2.75, 3.05) is 6.54 Å². The number of hydrogen-bond acceptors (Lipinski definition) is 4. The molecule has 0 saturated carbocycles. The Balaban J connectivity index is 1.46. The lowest BCUT2D eigenvalue weighted by molar-refractivity contribution is 0.0238. The predicted octanol–water partition coefficient (Wildman–Crippen LogP) is 5.20. The van der Waals surface area contributed by atoms with E-state index in [9.17, 15) is 13.6 Å². The first-order valence-corrected chi connectivity index (χ1v) is 12.3. The summed E-state index contributed by atoms with van der Waals surface area (Å²) in [4.78, 5) is 13.0. The Hall–Kier alpha value is -3.81. The van der Waals surface area contributed by atoms with Crippen LogP contribution in [0.3, 0.4) is 0 Å². The highest BCUT2D eigenvalue weighted by Gasteiger charge is 2.24. The fourth-order valence-electron chi connectivity index (χ4n) is 4.21. The Labute approximate surface area is 215 Å². The van der Waals surface area contributed by atoms with Gasteiger partial charge in [0.15, 0.2) is 0 Å². The van der Waals surface area contributed by atoms with E-state index in [1.165, 1.54) is 17.7 Å². The molecule has 0 aliphatic carbocycles. The summed E-state index contributed by atoms with van der Waals surface area (Å²) in [5.41, 5.74) is 10.5. The molecule has 37 heavy (non-hydrogen) atoms. The van der Waals surface area contributed by atoms with E-state index in [-0.39, 0.29) is 13.0 Å². The number of nitrogens with one attached hydrogen (secondary N) is 1. The average Bonchev–Trinajstić information content (AvgIpc) is 3.43. The summed E-state index contributed by atoms with van der Waals surface area (Å²) >= 11 is 0. The van der Waals surface area contributed by atoms with E-state index in [0.717, 1.165) is 23.7 Å². The van der Waals surface area contributed by atoms with Crippen molar-refractivity contribution in [2.45, 2.75) is 38.5 Å². The van der Waals surface area contributed by atoms with E-state index in [1.807, 2.05) is 53.4 Å². The number of halogens is 2. The van der Waals surface area contributed by atoms with Crippen molar-refractivity contribution in [3.8, 4) is 5.69 Å². The Morgan fingerprint density at radius 3 is 2.27 bits per heavy atom. The van der Waals surface area contributed by atoms with Gasteiger partial charge in [0.1, 0.15) is 17.7 Å². The highest BCUT2D eigenvalue weighted by atomic mass is 19.1. The number of nitrogens with zero attached hydrogens (tertiary/aromatic N) is 1. The number of benzene rings is 3. The molecule has 3 aromatic carbocycles. The fourth-order valence-corrected chi connectivity index (χ4v) is 4.21. The number of rotatable bonds is 11. The minimum absolute atomic E-state index is 0.145. The van der Waals surface area contributed by atoms with Crippen LogP contribution in [0, 0.1) is 11.6 Å². The summed E-state index contributed by atoms with van der Waals surface area (Å²) < 4.78 is 35.2. The highest BCUT2D eigenvalue weighted by molar-refractivity contribution is 5.89. The van der Waals surface area contributed by atoms with Gasteiger partial charge in [-0.05, 0) is 78.1 Å². The van der Waals surface area contributed by atoms with E-state index in [0.29, 0.717) is 17.7 Å². The van der Waals surface area contributed by atoms with Gasteiger partial charge in [-0.3, -0.25) is 0 Å². The van der Waals surface area contributed by atoms with Gasteiger partial charge >= 0.3 is 5.97 Å². The second-order valence-corrected chi connectivity index (χ2v) is 9.03. The van der Waals surface area contributed by atoms with Crippen molar-refractivity contribution in [3.05, 3.63) is 125 Å². The molecule has 0 spiro atoms. The molecule has 0 amide bonds. The third-order valence-corrected chi connectivity index (χ3v) is 6.21. The number of aromatic nitrogens is 1. The predicted molar refractivity (Wildman–Crippen MR) is 141 cm³/mol. The molecule has 7 heteroatoms. The van der Waals surface area contributed by atoms with E-state index in [4.69, 9.17) is 10.5 Å². The molecule has 1 heterocycles. The molecule has 4 rings (SSSR count). The van der Waals surface area contributed by atoms with Gasteiger partial charge in [0.25, 0.3) is 0 Å². The second-order valence-electron chi connectivity index (χ2n) is 9.03. The van der Waals surface area contributed by atoms with Crippen molar-refractivity contribution < 1.29 is 18.3 Å². The smallest absolute Gasteiger partial charge is 0.338 e. The molecule has 5 nitrogen and oxygen atoms in total. The van der Waals surface area contributed by atoms with Gasteiger partial charge in [-0.25, -0.2) is 13.6 Å². The molecule has 0 aliphatic heterocycles. The quantitative estimate of drug-likeness (QED) is 0.276. The van der Waals surface area contributed by atoms with Crippen LogP contribution in [-0.2, 0) is 24.1 Å². The number of nitrogens with two attached hydrogens (primary N) is 1. The van der Waals surface area contributed by atoms with Gasteiger partial charge in [0.2, 0.25) is 0 Å². The zero-order chi connectivity index (χ0) is 26.2. The van der Waals surface area contributed by atoms with Crippen LogP contribution in [0.1, 0.15) is 34.0 Å². The van der Waals surface area contributed by atoms with Crippen molar-refractivity contribution in [2.24, 2.45) is 5.73 Å². The van der Waals surface area contributed by atoms with Crippen molar-refractivity contribution >= 4 is 5.97 Å². The minimum Gasteiger partial charge on any atom is -0.456 e. The van der Waals surface area contributed by atoms with Gasteiger partial charge in [-0.15, -0.1) is 0 Å². The molecule has 1 aromatic heterocycles. The lowest BCUT2D eigenvalue weighted by Gasteiger charge is -2.25. The third-order valence-electron chi connectivity index (χ3n) is 6.21. The first-order chi connectivity index (χ1) is 17.9. The van der Waals surface area contributed by atoms with Crippen molar-refractivity contribution in [1.29, 1.82) is 0 Å². The standard InChI is InChI=1S/C30H31F2N3O2/c1-2-21-6-5-7-22(14-21)19-34-20-29(28(33)17-23-15-25(31)18-26(32)16-23)37-30(36)24-8-10-27(11-9-24)35-12-3-4-13-35/h3-16,18,28-29,34H,2,17,19-20,33H2,1H3/t28-,29+/m0/s1. The summed E-state index contributed by atoms with van der Waals surface area (Å²) in [5.74, 6) is -1.86. The number of aryl methyl sites for hydroxylation is 1. The SMILES string of the molecule is CCc1cccc(CNC[C@@H](OC(=O)c2ccc(-n3cccc3)cc2)[C@@H](N)Cc2cc(F)cc(F)c2)c1. The minimum atomic E-state index is -0.725. The third kappa shape index (κ3) is 7.35. The number of hydrogen-bond donors (Lipinski definition) is 2. The maximum atomic E-state index is 13.7. The molecule has 0 radical (unpaired) electrons. The summed E-state index contributed by atoms with van der Waals surface area (Å²) in [6.07, 6.45) is 4.19. The zero-order valence-corrected chi connectivity index (χ0v) is 20.7. The fraction of sp³-hybridized carbons (Fsp3) is 0.233. The van der Waals surface area contributed by atoms with Crippen LogP contribution in [0.2, 0.25) is 0 Å². The molecule has 0 aliphatic rings. The normalized spacial score (nSPS) is 12.8. The van der Waals surface area contributed by atoms with Crippen molar-refractivity contribution in [1.82, 2.24) is 9.88 Å². The van der Waals surface area contributed by atoms with E-state index < -0.39 is 29.7 Å². The van der Waals surface area contributed by atoms with Crippen LogP contribution in [0.5, 0.6) is 0 Å². The lowest BCUT2D eigenvalue weighted by Crippen LogP contribution is -2.46. The van der Waals surface area contributed by atoms with Crippen LogP contribution in [0.25, 0.3) is 5.69 Å². The summed E-state index contributed by atoms with van der Waals surface area (Å²) in [7, 11) is 0. The number of ether oxygens (including phenoxy) is 1. The van der Waals surface area contributed by atoms with E-state index >= 15 is 0 Å². The van der Waals surface area contributed by atoms with Crippen LogP contribution in [0.15, 0.2) is 91.3 Å². The molecule has 0 fully saturated rings. The summed E-state index contributed by atoms with van der Waals surface area (Å²) in [5, 5.41) is 3.32. The monoisotopic (exact) mass is 503 g/mol. The lowest BCUT2D eigenvalue weighted by atomic mass is 10.0. The molecule has 4 aromatic rings. The molecule has 192 valence electrons.